The third kappa shape index (κ3) is 5.85. The Morgan fingerprint density at radius 2 is 1.60 bits per heavy atom. The van der Waals surface area contributed by atoms with Crippen molar-refractivity contribution in [2.24, 2.45) is 5.92 Å². The Kier molecular flexibility index (Phi) is 8.50. The molecule has 1 aliphatic heterocycles. The SMILES string of the molecule is Cl.O=C(NCCNC1CCCCCC1)C1CC(=O)N(C2CCCC2)C1. The number of hydrogen-bond donors (Lipinski definition) is 2. The van der Waals surface area contributed by atoms with Gasteiger partial charge < -0.3 is 15.5 Å². The third-order valence-corrected chi connectivity index (χ3v) is 6.01. The van der Waals surface area contributed by atoms with Crippen molar-refractivity contribution in [3.8, 4) is 0 Å². The predicted molar refractivity (Wildman–Crippen MR) is 102 cm³/mol. The van der Waals surface area contributed by atoms with Crippen LogP contribution in [0.5, 0.6) is 0 Å². The normalized spacial score (nSPS) is 25.7. The molecule has 1 heterocycles. The van der Waals surface area contributed by atoms with Crippen LogP contribution in [0.3, 0.4) is 0 Å². The van der Waals surface area contributed by atoms with Crippen LogP contribution in [-0.2, 0) is 9.59 Å². The molecule has 0 aromatic carbocycles. The first-order chi connectivity index (χ1) is 11.7. The van der Waals surface area contributed by atoms with Gasteiger partial charge in [0, 0.05) is 38.1 Å². The molecule has 25 heavy (non-hydrogen) atoms. The number of rotatable bonds is 6. The van der Waals surface area contributed by atoms with Gasteiger partial charge in [0.15, 0.2) is 0 Å². The van der Waals surface area contributed by atoms with Gasteiger partial charge in [0.2, 0.25) is 11.8 Å². The van der Waals surface area contributed by atoms with E-state index in [-0.39, 0.29) is 30.1 Å². The Morgan fingerprint density at radius 3 is 2.28 bits per heavy atom. The Balaban J connectivity index is 0.00000225. The van der Waals surface area contributed by atoms with Crippen molar-refractivity contribution in [2.75, 3.05) is 19.6 Å². The summed E-state index contributed by atoms with van der Waals surface area (Å²) >= 11 is 0. The molecule has 2 aliphatic carbocycles. The van der Waals surface area contributed by atoms with Crippen molar-refractivity contribution in [1.82, 2.24) is 15.5 Å². The molecule has 3 fully saturated rings. The highest BCUT2D eigenvalue weighted by Gasteiger charge is 2.38. The number of hydrogen-bond acceptors (Lipinski definition) is 3. The van der Waals surface area contributed by atoms with Crippen molar-refractivity contribution in [2.45, 2.75) is 82.7 Å². The maximum atomic E-state index is 12.3. The van der Waals surface area contributed by atoms with E-state index in [1.54, 1.807) is 0 Å². The highest BCUT2D eigenvalue weighted by molar-refractivity contribution is 5.89. The van der Waals surface area contributed by atoms with Crippen LogP contribution >= 0.6 is 12.4 Å². The maximum absolute atomic E-state index is 12.3. The van der Waals surface area contributed by atoms with Crippen LogP contribution in [0, 0.1) is 5.92 Å². The zero-order valence-electron chi connectivity index (χ0n) is 15.3. The lowest BCUT2D eigenvalue weighted by Gasteiger charge is -2.24. The van der Waals surface area contributed by atoms with Crippen LogP contribution in [0.2, 0.25) is 0 Å². The molecule has 6 heteroatoms. The van der Waals surface area contributed by atoms with Gasteiger partial charge in [-0.25, -0.2) is 0 Å². The number of amides is 2. The Labute approximate surface area is 158 Å². The van der Waals surface area contributed by atoms with Crippen molar-refractivity contribution >= 4 is 24.2 Å². The predicted octanol–water partition coefficient (Wildman–Crippen LogP) is 2.63. The van der Waals surface area contributed by atoms with Crippen molar-refractivity contribution in [3.63, 3.8) is 0 Å². The fraction of sp³-hybridized carbons (Fsp3) is 0.895. The fourth-order valence-corrected chi connectivity index (χ4v) is 4.57. The first kappa shape index (κ1) is 20.5. The van der Waals surface area contributed by atoms with E-state index < -0.39 is 0 Å². The van der Waals surface area contributed by atoms with Gasteiger partial charge in [-0.2, -0.15) is 0 Å². The second-order valence-electron chi connectivity index (χ2n) is 7.82. The maximum Gasteiger partial charge on any atom is 0.225 e. The van der Waals surface area contributed by atoms with E-state index in [0.717, 1.165) is 19.4 Å². The monoisotopic (exact) mass is 371 g/mol. The molecular weight excluding hydrogens is 338 g/mol. The molecule has 0 radical (unpaired) electrons. The van der Waals surface area contributed by atoms with Gasteiger partial charge in [0.25, 0.3) is 0 Å². The van der Waals surface area contributed by atoms with Crippen molar-refractivity contribution in [1.29, 1.82) is 0 Å². The van der Waals surface area contributed by atoms with E-state index in [2.05, 4.69) is 10.6 Å². The average Bonchev–Trinajstić information content (AvgIpc) is 3.15. The molecule has 0 aromatic heterocycles. The fourth-order valence-electron chi connectivity index (χ4n) is 4.57. The van der Waals surface area contributed by atoms with Crippen LogP contribution in [0.25, 0.3) is 0 Å². The van der Waals surface area contributed by atoms with E-state index in [1.807, 2.05) is 4.90 Å². The van der Waals surface area contributed by atoms with E-state index in [0.29, 0.717) is 31.6 Å². The van der Waals surface area contributed by atoms with Gasteiger partial charge in [-0.15, -0.1) is 12.4 Å². The summed E-state index contributed by atoms with van der Waals surface area (Å²) in [6.07, 6.45) is 13.0. The zero-order valence-corrected chi connectivity index (χ0v) is 16.1. The summed E-state index contributed by atoms with van der Waals surface area (Å²) in [6, 6.07) is 1.02. The smallest absolute Gasteiger partial charge is 0.225 e. The zero-order chi connectivity index (χ0) is 16.8. The van der Waals surface area contributed by atoms with Gasteiger partial charge in [0.1, 0.15) is 0 Å². The summed E-state index contributed by atoms with van der Waals surface area (Å²) in [5, 5.41) is 6.61. The van der Waals surface area contributed by atoms with Crippen LogP contribution < -0.4 is 10.6 Å². The van der Waals surface area contributed by atoms with Crippen LogP contribution in [0.4, 0.5) is 0 Å². The Hall–Kier alpha value is -0.810. The number of nitrogens with zero attached hydrogens (tertiary/aromatic N) is 1. The van der Waals surface area contributed by atoms with Gasteiger partial charge in [-0.05, 0) is 25.7 Å². The second-order valence-corrected chi connectivity index (χ2v) is 7.82. The average molecular weight is 372 g/mol. The molecule has 0 bridgehead atoms. The van der Waals surface area contributed by atoms with Gasteiger partial charge in [-0.3, -0.25) is 9.59 Å². The minimum Gasteiger partial charge on any atom is -0.355 e. The Morgan fingerprint density at radius 1 is 0.960 bits per heavy atom. The first-order valence-corrected chi connectivity index (χ1v) is 10.0. The number of halogens is 1. The van der Waals surface area contributed by atoms with Crippen molar-refractivity contribution < 1.29 is 9.59 Å². The highest BCUT2D eigenvalue weighted by atomic mass is 35.5. The first-order valence-electron chi connectivity index (χ1n) is 10.0. The van der Waals surface area contributed by atoms with Crippen LogP contribution in [0.1, 0.15) is 70.6 Å². The lowest BCUT2D eigenvalue weighted by Crippen LogP contribution is -2.40. The van der Waals surface area contributed by atoms with Crippen molar-refractivity contribution in [3.05, 3.63) is 0 Å². The Bertz CT molecular complexity index is 432. The van der Waals surface area contributed by atoms with Crippen LogP contribution in [0.15, 0.2) is 0 Å². The number of carbonyl (C=O) groups is 2. The lowest BCUT2D eigenvalue weighted by molar-refractivity contribution is -0.130. The molecule has 3 aliphatic rings. The van der Waals surface area contributed by atoms with E-state index >= 15 is 0 Å². The summed E-state index contributed by atoms with van der Waals surface area (Å²) in [7, 11) is 0. The molecule has 3 rings (SSSR count). The third-order valence-electron chi connectivity index (χ3n) is 6.01. The number of likely N-dealkylation sites (tertiary alicyclic amines) is 1. The van der Waals surface area contributed by atoms with E-state index in [9.17, 15) is 9.59 Å². The van der Waals surface area contributed by atoms with Gasteiger partial charge in [-0.1, -0.05) is 38.5 Å². The molecular formula is C19H34ClN3O2. The van der Waals surface area contributed by atoms with E-state index in [1.165, 1.54) is 51.4 Å². The summed E-state index contributed by atoms with van der Waals surface area (Å²) in [4.78, 5) is 26.5. The number of nitrogens with one attached hydrogen (secondary N) is 2. The summed E-state index contributed by atoms with van der Waals surface area (Å²) in [5.74, 6) is 0.0983. The lowest BCUT2D eigenvalue weighted by atomic mass is 10.1. The number of carbonyl (C=O) groups excluding carboxylic acids is 2. The van der Waals surface area contributed by atoms with E-state index in [4.69, 9.17) is 0 Å². The van der Waals surface area contributed by atoms with Gasteiger partial charge >= 0.3 is 0 Å². The molecule has 0 spiro atoms. The standard InChI is InChI=1S/C19H33N3O2.ClH/c23-18-13-15(14-22(18)17-9-5-6-10-17)19(24)21-12-11-20-16-7-3-1-2-4-8-16;/h15-17,20H,1-14H2,(H,21,24);1H. The minimum absolute atomic E-state index is 0. The molecule has 5 nitrogen and oxygen atoms in total. The van der Waals surface area contributed by atoms with Crippen LogP contribution in [-0.4, -0.2) is 48.4 Å². The molecule has 144 valence electrons. The quantitative estimate of drug-likeness (QED) is 0.557. The van der Waals surface area contributed by atoms with Gasteiger partial charge in [0.05, 0.1) is 5.92 Å². The minimum atomic E-state index is -0.143. The second kappa shape index (κ2) is 10.4. The molecule has 1 saturated heterocycles. The molecule has 0 aromatic rings. The molecule has 2 N–H and O–H groups in total. The molecule has 1 unspecified atom stereocenters. The topological polar surface area (TPSA) is 61.4 Å². The molecule has 2 saturated carbocycles. The molecule has 2 amide bonds. The molecule has 1 atom stereocenters. The largest absolute Gasteiger partial charge is 0.355 e. The summed E-state index contributed by atoms with van der Waals surface area (Å²) in [6.45, 7) is 2.14. The summed E-state index contributed by atoms with van der Waals surface area (Å²) in [5.41, 5.74) is 0. The summed E-state index contributed by atoms with van der Waals surface area (Å²) < 4.78 is 0. The highest BCUT2D eigenvalue weighted by Crippen LogP contribution is 2.29.